The predicted octanol–water partition coefficient (Wildman–Crippen LogP) is 3.56. The van der Waals surface area contributed by atoms with Crippen LogP contribution in [-0.4, -0.2) is 45.3 Å². The molecule has 0 aromatic heterocycles. The summed E-state index contributed by atoms with van der Waals surface area (Å²) in [5.74, 6) is 3.20. The van der Waals surface area contributed by atoms with Crippen LogP contribution in [0.25, 0.3) is 0 Å². The van der Waals surface area contributed by atoms with Crippen molar-refractivity contribution in [1.29, 1.82) is 0 Å². The van der Waals surface area contributed by atoms with E-state index in [0.717, 1.165) is 24.5 Å². The average molecular weight is 374 g/mol. The van der Waals surface area contributed by atoms with E-state index in [9.17, 15) is 0 Å². The first kappa shape index (κ1) is 20.8. The second-order valence-electron chi connectivity index (χ2n) is 5.09. The third-order valence-electron chi connectivity index (χ3n) is 3.33. The summed E-state index contributed by atoms with van der Waals surface area (Å²) >= 11 is 8.17. The van der Waals surface area contributed by atoms with Crippen molar-refractivity contribution >= 4 is 29.3 Å². The van der Waals surface area contributed by atoms with Crippen molar-refractivity contribution in [3.05, 3.63) is 22.7 Å². The molecule has 0 aliphatic heterocycles. The third-order valence-corrected chi connectivity index (χ3v) is 4.31. The molecule has 0 bridgehead atoms. The summed E-state index contributed by atoms with van der Waals surface area (Å²) in [6, 6.07) is 3.81. The van der Waals surface area contributed by atoms with E-state index in [0.29, 0.717) is 29.7 Å². The van der Waals surface area contributed by atoms with Crippen LogP contribution in [0.4, 0.5) is 0 Å². The van der Waals surface area contributed by atoms with Gasteiger partial charge in [-0.3, -0.25) is 4.99 Å². The monoisotopic (exact) mass is 373 g/mol. The van der Waals surface area contributed by atoms with Gasteiger partial charge in [0.1, 0.15) is 0 Å². The molecule has 0 aliphatic rings. The Balaban J connectivity index is 2.57. The van der Waals surface area contributed by atoms with Crippen molar-refractivity contribution in [2.45, 2.75) is 26.3 Å². The number of benzene rings is 1. The maximum Gasteiger partial charge on any atom is 0.191 e. The normalized spacial score (nSPS) is 11.3. The second kappa shape index (κ2) is 12.1. The Labute approximate surface area is 154 Å². The van der Waals surface area contributed by atoms with Gasteiger partial charge in [-0.15, -0.1) is 0 Å². The first-order chi connectivity index (χ1) is 11.7. The van der Waals surface area contributed by atoms with Crippen LogP contribution < -0.4 is 20.1 Å². The molecule has 0 radical (unpaired) electrons. The molecule has 0 spiro atoms. The van der Waals surface area contributed by atoms with Crippen LogP contribution >= 0.6 is 23.4 Å². The van der Waals surface area contributed by atoms with Crippen molar-refractivity contribution in [2.75, 3.05) is 39.3 Å². The van der Waals surface area contributed by atoms with Gasteiger partial charge in [0.25, 0.3) is 0 Å². The lowest BCUT2D eigenvalue weighted by molar-refractivity contribution is 0.311. The highest BCUT2D eigenvalue weighted by molar-refractivity contribution is 7.98. The Hall–Kier alpha value is -1.27. The minimum Gasteiger partial charge on any atom is -0.493 e. The van der Waals surface area contributed by atoms with Crippen molar-refractivity contribution in [2.24, 2.45) is 4.99 Å². The summed E-state index contributed by atoms with van der Waals surface area (Å²) in [6.45, 7) is 3.97. The van der Waals surface area contributed by atoms with Crippen LogP contribution in [0.15, 0.2) is 17.1 Å². The highest BCUT2D eigenvalue weighted by Gasteiger charge is 2.11. The first-order valence-corrected chi connectivity index (χ1v) is 9.86. The summed E-state index contributed by atoms with van der Waals surface area (Å²) in [5.41, 5.74) is 1.01. The van der Waals surface area contributed by atoms with Gasteiger partial charge in [0.05, 0.1) is 18.7 Å². The SMILES string of the molecule is CCOc1c(Cl)cc(CNC(=NC)NCCCCSC)cc1OC. The zero-order valence-electron chi connectivity index (χ0n) is 14.9. The molecule has 136 valence electrons. The van der Waals surface area contributed by atoms with Crippen LogP contribution in [0.5, 0.6) is 11.5 Å². The van der Waals surface area contributed by atoms with E-state index in [1.165, 1.54) is 12.2 Å². The maximum absolute atomic E-state index is 6.29. The number of nitrogens with zero attached hydrogens (tertiary/aromatic N) is 1. The van der Waals surface area contributed by atoms with Gasteiger partial charge in [0.15, 0.2) is 17.5 Å². The van der Waals surface area contributed by atoms with Crippen LogP contribution in [0.3, 0.4) is 0 Å². The van der Waals surface area contributed by atoms with Crippen LogP contribution in [0.1, 0.15) is 25.3 Å². The van der Waals surface area contributed by atoms with Crippen LogP contribution in [0, 0.1) is 0 Å². The maximum atomic E-state index is 6.29. The van der Waals surface area contributed by atoms with E-state index in [2.05, 4.69) is 21.9 Å². The summed E-state index contributed by atoms with van der Waals surface area (Å²) < 4.78 is 10.9. The summed E-state index contributed by atoms with van der Waals surface area (Å²) in [6.07, 6.45) is 4.46. The molecule has 1 aromatic rings. The van der Waals surface area contributed by atoms with Crippen molar-refractivity contribution in [3.8, 4) is 11.5 Å². The Kier molecular flexibility index (Phi) is 10.5. The Morgan fingerprint density at radius 1 is 1.29 bits per heavy atom. The minimum atomic E-state index is 0.542. The van der Waals surface area contributed by atoms with Gasteiger partial charge in [0.2, 0.25) is 0 Å². The third kappa shape index (κ3) is 7.09. The molecule has 0 amide bonds. The topological polar surface area (TPSA) is 54.9 Å². The van der Waals surface area contributed by atoms with Gasteiger partial charge in [0, 0.05) is 20.1 Å². The molecule has 7 heteroatoms. The molecule has 5 nitrogen and oxygen atoms in total. The van der Waals surface area contributed by atoms with E-state index < -0.39 is 0 Å². The fourth-order valence-electron chi connectivity index (χ4n) is 2.14. The largest absolute Gasteiger partial charge is 0.493 e. The number of guanidine groups is 1. The fourth-order valence-corrected chi connectivity index (χ4v) is 2.92. The van der Waals surface area contributed by atoms with E-state index in [1.54, 1.807) is 14.2 Å². The van der Waals surface area contributed by atoms with E-state index in [-0.39, 0.29) is 0 Å². The van der Waals surface area contributed by atoms with Gasteiger partial charge in [-0.05, 0) is 49.5 Å². The van der Waals surface area contributed by atoms with E-state index in [4.69, 9.17) is 21.1 Å². The molecular formula is C17H28ClN3O2S. The zero-order chi connectivity index (χ0) is 17.8. The molecule has 0 heterocycles. The molecule has 0 saturated carbocycles. The first-order valence-electron chi connectivity index (χ1n) is 8.08. The van der Waals surface area contributed by atoms with Crippen molar-refractivity contribution in [1.82, 2.24) is 10.6 Å². The van der Waals surface area contributed by atoms with Gasteiger partial charge < -0.3 is 20.1 Å². The molecule has 2 N–H and O–H groups in total. The number of methoxy groups -OCH3 is 1. The molecule has 0 fully saturated rings. The molecule has 1 aromatic carbocycles. The Morgan fingerprint density at radius 3 is 2.71 bits per heavy atom. The number of hydrogen-bond acceptors (Lipinski definition) is 4. The number of aliphatic imine (C=N–C) groups is 1. The molecule has 0 saturated heterocycles. The highest BCUT2D eigenvalue weighted by atomic mass is 35.5. The van der Waals surface area contributed by atoms with Crippen molar-refractivity contribution in [3.63, 3.8) is 0 Å². The molecule has 0 aliphatic carbocycles. The number of ether oxygens (including phenoxy) is 2. The average Bonchev–Trinajstić information content (AvgIpc) is 2.59. The number of rotatable bonds is 10. The van der Waals surface area contributed by atoms with E-state index in [1.807, 2.05) is 30.8 Å². The number of unbranched alkanes of at least 4 members (excludes halogenated alkanes) is 1. The van der Waals surface area contributed by atoms with Crippen LogP contribution in [-0.2, 0) is 6.54 Å². The van der Waals surface area contributed by atoms with Crippen molar-refractivity contribution < 1.29 is 9.47 Å². The summed E-state index contributed by atoms with van der Waals surface area (Å²) in [5, 5.41) is 7.15. The van der Waals surface area contributed by atoms with E-state index >= 15 is 0 Å². The lowest BCUT2D eigenvalue weighted by Gasteiger charge is -2.15. The molecule has 0 atom stereocenters. The smallest absolute Gasteiger partial charge is 0.191 e. The Morgan fingerprint density at radius 2 is 2.08 bits per heavy atom. The second-order valence-corrected chi connectivity index (χ2v) is 6.49. The Bertz CT molecular complexity index is 527. The van der Waals surface area contributed by atoms with Gasteiger partial charge in [-0.25, -0.2) is 0 Å². The predicted molar refractivity (Wildman–Crippen MR) is 105 cm³/mol. The highest BCUT2D eigenvalue weighted by Crippen LogP contribution is 2.36. The van der Waals surface area contributed by atoms with Gasteiger partial charge >= 0.3 is 0 Å². The molecular weight excluding hydrogens is 346 g/mol. The minimum absolute atomic E-state index is 0.542. The number of thioether (sulfide) groups is 1. The summed E-state index contributed by atoms with van der Waals surface area (Å²) in [7, 11) is 3.38. The fraction of sp³-hybridized carbons (Fsp3) is 0.588. The lowest BCUT2D eigenvalue weighted by Crippen LogP contribution is -2.37. The van der Waals surface area contributed by atoms with Gasteiger partial charge in [-0.2, -0.15) is 11.8 Å². The lowest BCUT2D eigenvalue weighted by atomic mass is 10.2. The number of nitrogens with one attached hydrogen (secondary N) is 2. The molecule has 24 heavy (non-hydrogen) atoms. The summed E-state index contributed by atoms with van der Waals surface area (Å²) in [4.78, 5) is 4.23. The number of halogens is 1. The quantitative estimate of drug-likeness (QED) is 0.373. The number of hydrogen-bond donors (Lipinski definition) is 2. The van der Waals surface area contributed by atoms with Crippen LogP contribution in [0.2, 0.25) is 5.02 Å². The standard InChI is InChI=1S/C17H28ClN3O2S/c1-5-23-16-14(18)10-13(11-15(16)22-3)12-21-17(19-2)20-8-6-7-9-24-4/h10-11H,5-9,12H2,1-4H3,(H2,19,20,21). The zero-order valence-corrected chi connectivity index (χ0v) is 16.5. The molecule has 0 unspecified atom stereocenters. The van der Waals surface area contributed by atoms with Gasteiger partial charge in [-0.1, -0.05) is 11.6 Å². The molecule has 1 rings (SSSR count).